The molecule has 0 aromatic heterocycles. The van der Waals surface area contributed by atoms with E-state index in [1.54, 1.807) is 48.5 Å². The standard InChI is InChI=1S/C28H27N3O5/c32-23(17-22-27(34)29-21(26(33)30-22)16-18-10-4-1-5-11-18)31-25(28(35)36)24(19-12-6-2-7-13-19)20-14-8-3-9-15-20/h1-15,21-22,24-25H,16-17H2,(H,29,34)(H,30,33)(H,31,32)(H,35,36)/t21-,22-,25-/m0/s1. The fraction of sp³-hybridized carbons (Fsp3) is 0.214. The number of aliphatic carboxylic acids is 1. The minimum atomic E-state index is -1.28. The lowest BCUT2D eigenvalue weighted by atomic mass is 9.85. The Hall–Kier alpha value is -4.46. The van der Waals surface area contributed by atoms with Crippen molar-refractivity contribution >= 4 is 23.7 Å². The van der Waals surface area contributed by atoms with Gasteiger partial charge in [-0.05, 0) is 16.7 Å². The number of benzene rings is 3. The van der Waals surface area contributed by atoms with Crippen LogP contribution in [0.2, 0.25) is 0 Å². The van der Waals surface area contributed by atoms with Gasteiger partial charge < -0.3 is 21.1 Å². The number of nitrogens with one attached hydrogen (secondary N) is 3. The van der Waals surface area contributed by atoms with Gasteiger partial charge in [-0.25, -0.2) is 4.79 Å². The molecule has 3 aromatic carbocycles. The van der Waals surface area contributed by atoms with Crippen molar-refractivity contribution in [2.24, 2.45) is 0 Å². The van der Waals surface area contributed by atoms with Gasteiger partial charge in [0.1, 0.15) is 18.1 Å². The monoisotopic (exact) mass is 485 g/mol. The van der Waals surface area contributed by atoms with Crippen molar-refractivity contribution in [2.75, 3.05) is 0 Å². The summed E-state index contributed by atoms with van der Waals surface area (Å²) < 4.78 is 0. The molecule has 1 fully saturated rings. The molecule has 3 aromatic rings. The normalized spacial score (nSPS) is 18.1. The Labute approximate surface area is 208 Å². The van der Waals surface area contributed by atoms with E-state index in [-0.39, 0.29) is 6.42 Å². The molecule has 1 saturated heterocycles. The predicted octanol–water partition coefficient (Wildman–Crippen LogP) is 2.00. The largest absolute Gasteiger partial charge is 0.480 e. The van der Waals surface area contributed by atoms with Crippen LogP contribution in [-0.4, -0.2) is 46.9 Å². The quantitative estimate of drug-likeness (QED) is 0.369. The van der Waals surface area contributed by atoms with E-state index in [1.165, 1.54) is 0 Å². The van der Waals surface area contributed by atoms with Crippen LogP contribution in [0.1, 0.15) is 29.0 Å². The molecule has 4 rings (SSSR count). The molecule has 0 radical (unpaired) electrons. The molecule has 4 N–H and O–H groups in total. The molecule has 1 aliphatic rings. The molecule has 3 amide bonds. The van der Waals surface area contributed by atoms with Gasteiger partial charge in [0, 0.05) is 12.3 Å². The van der Waals surface area contributed by atoms with Gasteiger partial charge in [0.25, 0.3) is 0 Å². The lowest BCUT2D eigenvalue weighted by Gasteiger charge is -2.30. The van der Waals surface area contributed by atoms with E-state index in [9.17, 15) is 24.3 Å². The zero-order valence-corrected chi connectivity index (χ0v) is 19.5. The van der Waals surface area contributed by atoms with E-state index in [2.05, 4.69) is 16.0 Å². The van der Waals surface area contributed by atoms with Crippen molar-refractivity contribution in [1.29, 1.82) is 0 Å². The second-order valence-corrected chi connectivity index (χ2v) is 8.70. The number of carbonyl (C=O) groups excluding carboxylic acids is 3. The van der Waals surface area contributed by atoms with Gasteiger partial charge in [-0.2, -0.15) is 0 Å². The highest BCUT2D eigenvalue weighted by atomic mass is 16.4. The molecule has 36 heavy (non-hydrogen) atoms. The highest BCUT2D eigenvalue weighted by Crippen LogP contribution is 2.28. The molecular formula is C28H27N3O5. The molecule has 0 aliphatic carbocycles. The first-order valence-electron chi connectivity index (χ1n) is 11.7. The molecule has 0 bridgehead atoms. The van der Waals surface area contributed by atoms with Crippen LogP contribution in [0.3, 0.4) is 0 Å². The van der Waals surface area contributed by atoms with Gasteiger partial charge in [0.15, 0.2) is 0 Å². The highest BCUT2D eigenvalue weighted by molar-refractivity contribution is 5.99. The zero-order chi connectivity index (χ0) is 25.5. The van der Waals surface area contributed by atoms with Crippen LogP contribution >= 0.6 is 0 Å². The van der Waals surface area contributed by atoms with Crippen LogP contribution in [0.15, 0.2) is 91.0 Å². The Morgan fingerprint density at radius 1 is 0.750 bits per heavy atom. The maximum absolute atomic E-state index is 12.9. The third kappa shape index (κ3) is 5.96. The summed E-state index contributed by atoms with van der Waals surface area (Å²) in [4.78, 5) is 50.4. The molecule has 8 nitrogen and oxygen atoms in total. The molecule has 184 valence electrons. The fourth-order valence-electron chi connectivity index (χ4n) is 4.42. The Kier molecular flexibility index (Phi) is 7.75. The number of carboxylic acid groups (broad SMARTS) is 1. The summed E-state index contributed by atoms with van der Waals surface area (Å²) in [6.07, 6.45) is -0.0516. The first-order chi connectivity index (χ1) is 17.4. The van der Waals surface area contributed by atoms with Gasteiger partial charge >= 0.3 is 5.97 Å². The zero-order valence-electron chi connectivity index (χ0n) is 19.5. The van der Waals surface area contributed by atoms with E-state index in [0.29, 0.717) is 6.42 Å². The van der Waals surface area contributed by atoms with Crippen LogP contribution in [0.25, 0.3) is 0 Å². The number of hydrogen-bond donors (Lipinski definition) is 4. The topological polar surface area (TPSA) is 125 Å². The second-order valence-electron chi connectivity index (χ2n) is 8.70. The van der Waals surface area contributed by atoms with Gasteiger partial charge in [0.05, 0.1) is 6.42 Å². The molecule has 0 unspecified atom stereocenters. The van der Waals surface area contributed by atoms with Crippen LogP contribution in [-0.2, 0) is 25.6 Å². The summed E-state index contributed by atoms with van der Waals surface area (Å²) in [5, 5.41) is 17.9. The molecule has 1 heterocycles. The molecule has 8 heteroatoms. The van der Waals surface area contributed by atoms with Crippen LogP contribution in [0, 0.1) is 0 Å². The minimum Gasteiger partial charge on any atom is -0.480 e. The van der Waals surface area contributed by atoms with Crippen molar-refractivity contribution < 1.29 is 24.3 Å². The van der Waals surface area contributed by atoms with Crippen LogP contribution in [0.4, 0.5) is 0 Å². The fourth-order valence-corrected chi connectivity index (χ4v) is 4.42. The lowest BCUT2D eigenvalue weighted by Crippen LogP contribution is -2.63. The van der Waals surface area contributed by atoms with Crippen molar-refractivity contribution in [3.8, 4) is 0 Å². The maximum atomic E-state index is 12.9. The van der Waals surface area contributed by atoms with Crippen LogP contribution in [0.5, 0.6) is 0 Å². The van der Waals surface area contributed by atoms with E-state index in [1.807, 2.05) is 42.5 Å². The number of hydrogen-bond acceptors (Lipinski definition) is 4. The van der Waals surface area contributed by atoms with Gasteiger partial charge in [-0.1, -0.05) is 91.0 Å². The predicted molar refractivity (Wildman–Crippen MR) is 133 cm³/mol. The van der Waals surface area contributed by atoms with E-state index < -0.39 is 47.7 Å². The summed E-state index contributed by atoms with van der Waals surface area (Å²) in [6.45, 7) is 0. The SMILES string of the molecule is O=C(C[C@@H]1NC(=O)[C@H](Cc2ccccc2)NC1=O)N[C@H](C(=O)O)C(c1ccccc1)c1ccccc1. The second kappa shape index (κ2) is 11.3. The molecule has 0 spiro atoms. The average Bonchev–Trinajstić information content (AvgIpc) is 2.88. The first-order valence-corrected chi connectivity index (χ1v) is 11.7. The molecule has 3 atom stereocenters. The van der Waals surface area contributed by atoms with Gasteiger partial charge in [-0.3, -0.25) is 14.4 Å². The van der Waals surface area contributed by atoms with Gasteiger partial charge in [0.2, 0.25) is 17.7 Å². The van der Waals surface area contributed by atoms with Crippen molar-refractivity contribution in [1.82, 2.24) is 16.0 Å². The maximum Gasteiger partial charge on any atom is 0.327 e. The van der Waals surface area contributed by atoms with Crippen molar-refractivity contribution in [2.45, 2.75) is 36.9 Å². The summed E-state index contributed by atoms with van der Waals surface area (Å²) in [5.41, 5.74) is 2.35. The lowest BCUT2D eigenvalue weighted by molar-refractivity contribution is -0.143. The van der Waals surface area contributed by atoms with E-state index >= 15 is 0 Å². The number of piperazine rings is 1. The Bertz CT molecular complexity index is 1180. The van der Waals surface area contributed by atoms with Crippen LogP contribution < -0.4 is 16.0 Å². The van der Waals surface area contributed by atoms with Crippen molar-refractivity contribution in [3.63, 3.8) is 0 Å². The average molecular weight is 486 g/mol. The molecule has 0 saturated carbocycles. The number of rotatable bonds is 9. The highest BCUT2D eigenvalue weighted by Gasteiger charge is 2.37. The first kappa shape index (κ1) is 24.7. The summed E-state index contributed by atoms with van der Waals surface area (Å²) in [5.74, 6) is -3.39. The number of carboxylic acids is 1. The number of carbonyl (C=O) groups is 4. The summed E-state index contributed by atoms with van der Waals surface area (Å²) in [7, 11) is 0. The minimum absolute atomic E-state index is 0.328. The van der Waals surface area contributed by atoms with E-state index in [4.69, 9.17) is 0 Å². The smallest absolute Gasteiger partial charge is 0.327 e. The van der Waals surface area contributed by atoms with Crippen molar-refractivity contribution in [3.05, 3.63) is 108 Å². The summed E-state index contributed by atoms with van der Waals surface area (Å²) >= 11 is 0. The Morgan fingerprint density at radius 2 is 1.22 bits per heavy atom. The molecule has 1 aliphatic heterocycles. The van der Waals surface area contributed by atoms with E-state index in [0.717, 1.165) is 16.7 Å². The molecular weight excluding hydrogens is 458 g/mol. The Balaban J connectivity index is 1.45. The summed E-state index contributed by atoms with van der Waals surface area (Å²) in [6, 6.07) is 24.3. The number of amides is 3. The van der Waals surface area contributed by atoms with Gasteiger partial charge in [-0.15, -0.1) is 0 Å². The third-order valence-electron chi connectivity index (χ3n) is 6.17. The Morgan fingerprint density at radius 3 is 1.75 bits per heavy atom. The third-order valence-corrected chi connectivity index (χ3v) is 6.17.